The van der Waals surface area contributed by atoms with E-state index in [-0.39, 0.29) is 5.75 Å². The Morgan fingerprint density at radius 2 is 1.96 bits per heavy atom. The quantitative estimate of drug-likeness (QED) is 0.512. The molecule has 0 aliphatic heterocycles. The summed E-state index contributed by atoms with van der Waals surface area (Å²) >= 11 is 3.53. The topological polar surface area (TPSA) is 50.1 Å². The van der Waals surface area contributed by atoms with E-state index < -0.39 is 0 Å². The van der Waals surface area contributed by atoms with E-state index in [2.05, 4.69) is 46.8 Å². The maximum Gasteiger partial charge on any atom is 0.128 e. The molecule has 2 aromatic rings. The van der Waals surface area contributed by atoms with Crippen LogP contribution in [0.4, 0.5) is 0 Å². The van der Waals surface area contributed by atoms with Crippen LogP contribution in [0.5, 0.6) is 5.75 Å². The first kappa shape index (κ1) is 20.3. The van der Waals surface area contributed by atoms with E-state index in [1.165, 1.54) is 0 Å². The smallest absolute Gasteiger partial charge is 0.128 e. The molecular weight excluding hydrogens is 390 g/mol. The Bertz CT molecular complexity index is 773. The van der Waals surface area contributed by atoms with Gasteiger partial charge < -0.3 is 10.4 Å². The molecule has 0 radical (unpaired) electrons. The van der Waals surface area contributed by atoms with Crippen LogP contribution in [0.2, 0.25) is 0 Å². The van der Waals surface area contributed by atoms with Crippen LogP contribution in [-0.4, -0.2) is 20.9 Å². The minimum absolute atomic E-state index is 0.227. The summed E-state index contributed by atoms with van der Waals surface area (Å²) in [6.45, 7) is 10.6. The van der Waals surface area contributed by atoms with Crippen molar-refractivity contribution < 1.29 is 5.11 Å². The molecular formula is C21H28BrN3O. The predicted octanol–water partition coefficient (Wildman–Crippen LogP) is 5.73. The maximum atomic E-state index is 10.1. The van der Waals surface area contributed by atoms with Gasteiger partial charge in [0.25, 0.3) is 0 Å². The van der Waals surface area contributed by atoms with E-state index in [0.29, 0.717) is 6.04 Å². The Morgan fingerprint density at radius 1 is 1.31 bits per heavy atom. The Kier molecular flexibility index (Phi) is 7.51. The number of aromatic hydroxyl groups is 1. The highest BCUT2D eigenvalue weighted by molar-refractivity contribution is 9.10. The van der Waals surface area contributed by atoms with E-state index >= 15 is 0 Å². The molecule has 2 N–H and O–H groups in total. The van der Waals surface area contributed by atoms with Crippen LogP contribution in [0.1, 0.15) is 50.8 Å². The molecule has 0 atom stereocenters. The van der Waals surface area contributed by atoms with Crippen LogP contribution in [0, 0.1) is 6.92 Å². The number of nitrogens with one attached hydrogen (secondary N) is 1. The van der Waals surface area contributed by atoms with Crippen LogP contribution < -0.4 is 5.32 Å². The number of phenols is 1. The van der Waals surface area contributed by atoms with Gasteiger partial charge in [-0.3, -0.25) is 0 Å². The summed E-state index contributed by atoms with van der Waals surface area (Å²) in [4.78, 5) is 0. The van der Waals surface area contributed by atoms with Gasteiger partial charge in [-0.15, -0.1) is 0 Å². The third-order valence-electron chi connectivity index (χ3n) is 4.37. The lowest BCUT2D eigenvalue weighted by atomic mass is 10.0. The summed E-state index contributed by atoms with van der Waals surface area (Å²) in [5.41, 5.74) is 2.47. The molecule has 5 heteroatoms. The second kappa shape index (κ2) is 9.62. The molecule has 0 saturated carbocycles. The number of nitrogens with zero attached hydrogens (tertiary/aromatic N) is 2. The second-order valence-electron chi connectivity index (χ2n) is 6.48. The summed E-state index contributed by atoms with van der Waals surface area (Å²) in [6, 6.07) is 7.62. The monoisotopic (exact) mass is 417 g/mol. The zero-order valence-electron chi connectivity index (χ0n) is 15.8. The Morgan fingerprint density at radius 3 is 2.50 bits per heavy atom. The average Bonchev–Trinajstić information content (AvgIpc) is 2.94. The second-order valence-corrected chi connectivity index (χ2v) is 7.33. The molecule has 0 bridgehead atoms. The lowest BCUT2D eigenvalue weighted by Gasteiger charge is -2.22. The number of hydrogen-bond acceptors (Lipinski definition) is 3. The molecule has 0 amide bonds. The lowest BCUT2D eigenvalue weighted by molar-refractivity contribution is 0.473. The summed E-state index contributed by atoms with van der Waals surface area (Å²) in [5, 5.41) is 18.3. The van der Waals surface area contributed by atoms with Gasteiger partial charge in [-0.1, -0.05) is 51.5 Å². The van der Waals surface area contributed by atoms with Crippen molar-refractivity contribution in [3.05, 3.63) is 58.8 Å². The summed E-state index contributed by atoms with van der Waals surface area (Å²) in [5.74, 6) is 1.10. The molecule has 2 rings (SSSR count). The highest BCUT2D eigenvalue weighted by Crippen LogP contribution is 2.27. The summed E-state index contributed by atoms with van der Waals surface area (Å²) < 4.78 is 2.84. The van der Waals surface area contributed by atoms with Crippen molar-refractivity contribution in [1.29, 1.82) is 0 Å². The number of benzene rings is 1. The molecule has 1 aromatic heterocycles. The lowest BCUT2D eigenvalue weighted by Crippen LogP contribution is -2.30. The zero-order chi connectivity index (χ0) is 19.1. The molecule has 0 saturated heterocycles. The average molecular weight is 418 g/mol. The van der Waals surface area contributed by atoms with Crippen molar-refractivity contribution in [2.45, 2.75) is 52.5 Å². The Labute approximate surface area is 164 Å². The number of phenolic OH excluding ortho intramolecular Hbond substituents is 1. The van der Waals surface area contributed by atoms with Gasteiger partial charge in [0.05, 0.1) is 16.4 Å². The summed E-state index contributed by atoms with van der Waals surface area (Å²) in [7, 11) is 0. The van der Waals surface area contributed by atoms with E-state index in [9.17, 15) is 5.11 Å². The minimum Gasteiger partial charge on any atom is -0.507 e. The van der Waals surface area contributed by atoms with Crippen molar-refractivity contribution in [3.63, 3.8) is 0 Å². The molecule has 0 unspecified atom stereocenters. The first-order valence-corrected chi connectivity index (χ1v) is 9.93. The fourth-order valence-corrected chi connectivity index (χ4v) is 3.24. The highest BCUT2D eigenvalue weighted by Gasteiger charge is 2.14. The van der Waals surface area contributed by atoms with E-state index in [1.807, 2.05) is 35.9 Å². The van der Waals surface area contributed by atoms with Crippen molar-refractivity contribution in [2.24, 2.45) is 0 Å². The molecule has 0 aliphatic rings. The number of halogens is 1. The van der Waals surface area contributed by atoms with Crippen LogP contribution >= 0.6 is 15.9 Å². The molecule has 4 nitrogen and oxygen atoms in total. The SMILES string of the molecule is C=C(/C=C(/NC(CCC)CCC)n1ncc(Br)c1C)c1ccccc1O. The van der Waals surface area contributed by atoms with E-state index in [1.54, 1.807) is 12.3 Å². The number of allylic oxidation sites excluding steroid dienone is 2. The van der Waals surface area contributed by atoms with Crippen molar-refractivity contribution in [2.75, 3.05) is 0 Å². The van der Waals surface area contributed by atoms with Gasteiger partial charge in [-0.2, -0.15) is 5.10 Å². The van der Waals surface area contributed by atoms with Gasteiger partial charge in [0, 0.05) is 11.6 Å². The molecule has 140 valence electrons. The standard InChI is InChI=1S/C21H28BrN3O/c1-5-9-17(10-6-2)24-21(25-16(4)19(22)14-23-25)13-15(3)18-11-7-8-12-20(18)26/h7-8,11-14,17,24,26H,3,5-6,9-10H2,1-2,4H3/b21-13-. The van der Waals surface area contributed by atoms with Crippen molar-refractivity contribution >= 4 is 27.3 Å². The van der Waals surface area contributed by atoms with Crippen LogP contribution in [-0.2, 0) is 0 Å². The van der Waals surface area contributed by atoms with Gasteiger partial charge in [-0.05, 0) is 53.4 Å². The number of para-hydroxylation sites is 1. The molecule has 1 heterocycles. The fourth-order valence-electron chi connectivity index (χ4n) is 2.98. The number of aromatic nitrogens is 2. The fraction of sp³-hybridized carbons (Fsp3) is 0.381. The first-order chi connectivity index (χ1) is 12.5. The van der Waals surface area contributed by atoms with Crippen LogP contribution in [0.25, 0.3) is 11.4 Å². The minimum atomic E-state index is 0.227. The van der Waals surface area contributed by atoms with Crippen molar-refractivity contribution in [3.8, 4) is 5.75 Å². The van der Waals surface area contributed by atoms with Gasteiger partial charge in [0.2, 0.25) is 0 Å². The molecule has 0 aliphatic carbocycles. The van der Waals surface area contributed by atoms with E-state index in [0.717, 1.165) is 52.8 Å². The normalized spacial score (nSPS) is 11.8. The molecule has 1 aromatic carbocycles. The van der Waals surface area contributed by atoms with E-state index in [4.69, 9.17) is 0 Å². The van der Waals surface area contributed by atoms with Crippen LogP contribution in [0.15, 0.2) is 47.6 Å². The summed E-state index contributed by atoms with van der Waals surface area (Å²) in [6.07, 6.45) is 8.17. The van der Waals surface area contributed by atoms with Gasteiger partial charge in [0.15, 0.2) is 0 Å². The van der Waals surface area contributed by atoms with Gasteiger partial charge >= 0.3 is 0 Å². The Balaban J connectivity index is 2.41. The first-order valence-electron chi connectivity index (χ1n) is 9.13. The number of rotatable bonds is 9. The largest absolute Gasteiger partial charge is 0.507 e. The third-order valence-corrected chi connectivity index (χ3v) is 5.14. The maximum absolute atomic E-state index is 10.1. The predicted molar refractivity (Wildman–Crippen MR) is 113 cm³/mol. The highest BCUT2D eigenvalue weighted by atomic mass is 79.9. The van der Waals surface area contributed by atoms with Gasteiger partial charge in [-0.25, -0.2) is 4.68 Å². The molecule has 0 fully saturated rings. The Hall–Kier alpha value is -2.01. The van der Waals surface area contributed by atoms with Gasteiger partial charge in [0.1, 0.15) is 11.6 Å². The zero-order valence-corrected chi connectivity index (χ0v) is 17.4. The van der Waals surface area contributed by atoms with Crippen LogP contribution in [0.3, 0.4) is 0 Å². The third kappa shape index (κ3) is 5.01. The molecule has 0 spiro atoms. The molecule has 26 heavy (non-hydrogen) atoms. The number of hydrogen-bond donors (Lipinski definition) is 2. The van der Waals surface area contributed by atoms with Crippen molar-refractivity contribution in [1.82, 2.24) is 15.1 Å².